The molecule has 0 N–H and O–H groups in total. The first-order valence-corrected chi connectivity index (χ1v) is 11.0. The smallest absolute Gasteiger partial charge is 0.284 e. The quantitative estimate of drug-likeness (QED) is 0.675. The SMILES string of the molecule is CC=C1CN(C)CC[C@]23C(=O)C[C@@H]1[C@H]1CO[C@H](OC)C(=O)N(c4ccc(OC)cc42)[C@@H]13. The van der Waals surface area contributed by atoms with E-state index in [-0.39, 0.29) is 29.6 Å². The minimum Gasteiger partial charge on any atom is -0.497 e. The number of fused-ring (bicyclic) bond motifs is 5. The summed E-state index contributed by atoms with van der Waals surface area (Å²) in [5, 5.41) is 0. The second kappa shape index (κ2) is 7.43. The fraction of sp³-hybridized carbons (Fsp3) is 0.583. The summed E-state index contributed by atoms with van der Waals surface area (Å²) in [6.07, 6.45) is 2.30. The van der Waals surface area contributed by atoms with Crippen molar-refractivity contribution in [2.45, 2.75) is 37.5 Å². The van der Waals surface area contributed by atoms with Crippen LogP contribution >= 0.6 is 0 Å². The Bertz CT molecular complexity index is 959. The average molecular weight is 427 g/mol. The first kappa shape index (κ1) is 20.7. The van der Waals surface area contributed by atoms with Crippen LogP contribution in [0.2, 0.25) is 0 Å². The lowest BCUT2D eigenvalue weighted by molar-refractivity contribution is -0.162. The second-order valence-corrected chi connectivity index (χ2v) is 9.16. The van der Waals surface area contributed by atoms with Crippen LogP contribution in [0.5, 0.6) is 5.75 Å². The zero-order chi connectivity index (χ0) is 21.9. The van der Waals surface area contributed by atoms with Crippen LogP contribution < -0.4 is 9.64 Å². The molecule has 7 nitrogen and oxygen atoms in total. The van der Waals surface area contributed by atoms with Crippen LogP contribution in [-0.4, -0.2) is 69.9 Å². The molecule has 3 aliphatic heterocycles. The number of nitrogens with zero attached hydrogens (tertiary/aromatic N) is 2. The number of anilines is 1. The van der Waals surface area contributed by atoms with E-state index < -0.39 is 11.7 Å². The molecule has 3 heterocycles. The molecule has 5 rings (SSSR count). The second-order valence-electron chi connectivity index (χ2n) is 9.16. The van der Waals surface area contributed by atoms with Crippen LogP contribution in [-0.2, 0) is 24.5 Å². The van der Waals surface area contributed by atoms with Gasteiger partial charge in [-0.1, -0.05) is 11.6 Å². The molecular weight excluding hydrogens is 396 g/mol. The monoisotopic (exact) mass is 426 g/mol. The molecule has 1 saturated carbocycles. The zero-order valence-corrected chi connectivity index (χ0v) is 18.6. The van der Waals surface area contributed by atoms with Crippen molar-refractivity contribution in [3.63, 3.8) is 0 Å². The van der Waals surface area contributed by atoms with Crippen LogP contribution in [0.4, 0.5) is 5.69 Å². The van der Waals surface area contributed by atoms with Gasteiger partial charge in [-0.05, 0) is 56.6 Å². The van der Waals surface area contributed by atoms with Crippen molar-refractivity contribution >= 4 is 17.4 Å². The van der Waals surface area contributed by atoms with E-state index in [1.165, 1.54) is 12.7 Å². The summed E-state index contributed by atoms with van der Waals surface area (Å²) in [5.41, 5.74) is 2.18. The van der Waals surface area contributed by atoms with Crippen LogP contribution in [0.15, 0.2) is 29.8 Å². The number of Topliss-reactive ketones (excluding diaryl/α,β-unsaturated/α-hetero) is 1. The van der Waals surface area contributed by atoms with E-state index in [1.54, 1.807) is 7.11 Å². The van der Waals surface area contributed by atoms with Gasteiger partial charge in [0.2, 0.25) is 6.29 Å². The first-order chi connectivity index (χ1) is 15.0. The Morgan fingerprint density at radius 1 is 1.26 bits per heavy atom. The van der Waals surface area contributed by atoms with Crippen LogP contribution in [0, 0.1) is 11.8 Å². The molecular formula is C24H30N2O5. The van der Waals surface area contributed by atoms with E-state index in [1.807, 2.05) is 30.0 Å². The predicted molar refractivity (Wildman–Crippen MR) is 115 cm³/mol. The highest BCUT2D eigenvalue weighted by Gasteiger charge is 2.65. The minimum absolute atomic E-state index is 0.0119. The molecule has 4 aliphatic rings. The van der Waals surface area contributed by atoms with Crippen molar-refractivity contribution in [3.05, 3.63) is 35.4 Å². The van der Waals surface area contributed by atoms with E-state index >= 15 is 0 Å². The topological polar surface area (TPSA) is 68.3 Å². The van der Waals surface area contributed by atoms with Crippen molar-refractivity contribution < 1.29 is 23.8 Å². The zero-order valence-electron chi connectivity index (χ0n) is 18.6. The third kappa shape index (κ3) is 2.76. The van der Waals surface area contributed by atoms with Gasteiger partial charge in [0.1, 0.15) is 11.5 Å². The molecule has 0 radical (unpaired) electrons. The number of rotatable bonds is 2. The maximum Gasteiger partial charge on any atom is 0.284 e. The lowest BCUT2D eigenvalue weighted by atomic mass is 9.57. The molecule has 31 heavy (non-hydrogen) atoms. The number of allylic oxidation sites excluding steroid dienone is 1. The van der Waals surface area contributed by atoms with Gasteiger partial charge in [-0.15, -0.1) is 0 Å². The van der Waals surface area contributed by atoms with Crippen molar-refractivity contribution in [2.75, 3.05) is 45.9 Å². The Balaban J connectivity index is 1.79. The summed E-state index contributed by atoms with van der Waals surface area (Å²) >= 11 is 0. The number of amides is 1. The van der Waals surface area contributed by atoms with E-state index in [9.17, 15) is 9.59 Å². The number of benzene rings is 1. The van der Waals surface area contributed by atoms with E-state index in [2.05, 4.69) is 18.0 Å². The maximum atomic E-state index is 14.0. The summed E-state index contributed by atoms with van der Waals surface area (Å²) < 4.78 is 16.9. The summed E-state index contributed by atoms with van der Waals surface area (Å²) in [5.74, 6) is 0.739. The fourth-order valence-corrected chi connectivity index (χ4v) is 6.39. The number of hydrogen-bond acceptors (Lipinski definition) is 6. The fourth-order valence-electron chi connectivity index (χ4n) is 6.39. The Labute approximate surface area is 182 Å². The lowest BCUT2D eigenvalue weighted by Gasteiger charge is -2.47. The van der Waals surface area contributed by atoms with E-state index in [0.29, 0.717) is 25.2 Å². The molecule has 3 fully saturated rings. The summed E-state index contributed by atoms with van der Waals surface area (Å²) in [6, 6.07) is 5.45. The average Bonchev–Trinajstić information content (AvgIpc) is 3.02. The summed E-state index contributed by atoms with van der Waals surface area (Å²) in [4.78, 5) is 31.7. The van der Waals surface area contributed by atoms with E-state index in [0.717, 1.165) is 24.3 Å². The highest BCUT2D eigenvalue weighted by atomic mass is 16.7. The molecule has 1 spiro atoms. The van der Waals surface area contributed by atoms with Crippen molar-refractivity contribution in [2.24, 2.45) is 11.8 Å². The Morgan fingerprint density at radius 2 is 2.06 bits per heavy atom. The van der Waals surface area contributed by atoms with Gasteiger partial charge in [0.25, 0.3) is 5.91 Å². The molecule has 166 valence electrons. The standard InChI is InChI=1S/C24H30N2O5/c1-5-14-12-25(2)9-8-24-18-10-15(29-3)6-7-19(18)26-21(24)17(16(14)11-20(24)27)13-31-23(30-4)22(26)28/h5-7,10,16-17,21,23H,8-9,11-13H2,1-4H3/t16-,17+,21-,23-,24+/m0/s1. The van der Waals surface area contributed by atoms with Gasteiger partial charge >= 0.3 is 0 Å². The molecule has 1 aliphatic carbocycles. The van der Waals surface area contributed by atoms with Gasteiger partial charge in [0.15, 0.2) is 0 Å². The van der Waals surface area contributed by atoms with Crippen molar-refractivity contribution in [1.82, 2.24) is 4.90 Å². The normalized spacial score (nSPS) is 36.5. The number of methoxy groups -OCH3 is 2. The third-order valence-corrected chi connectivity index (χ3v) is 7.83. The Kier molecular flexibility index (Phi) is 4.95. The largest absolute Gasteiger partial charge is 0.497 e. The molecule has 1 aromatic carbocycles. The number of likely N-dealkylation sites (N-methyl/N-ethyl adjacent to an activating group) is 1. The molecule has 5 atom stereocenters. The molecule has 0 aromatic heterocycles. The molecule has 1 aromatic rings. The molecule has 2 bridgehead atoms. The van der Waals surface area contributed by atoms with Gasteiger partial charge in [0.05, 0.1) is 25.2 Å². The molecule has 0 unspecified atom stereocenters. The van der Waals surface area contributed by atoms with Gasteiger partial charge < -0.3 is 24.0 Å². The van der Waals surface area contributed by atoms with Crippen LogP contribution in [0.3, 0.4) is 0 Å². The summed E-state index contributed by atoms with van der Waals surface area (Å²) in [6.45, 7) is 4.02. The molecule has 2 saturated heterocycles. The maximum absolute atomic E-state index is 14.0. The minimum atomic E-state index is -0.966. The highest BCUT2D eigenvalue weighted by Crippen LogP contribution is 2.58. The first-order valence-electron chi connectivity index (χ1n) is 11.0. The van der Waals surface area contributed by atoms with Gasteiger partial charge in [-0.3, -0.25) is 9.59 Å². The van der Waals surface area contributed by atoms with Crippen LogP contribution in [0.25, 0.3) is 0 Å². The summed E-state index contributed by atoms with van der Waals surface area (Å²) in [7, 11) is 5.23. The number of ketones is 1. The van der Waals surface area contributed by atoms with Crippen molar-refractivity contribution in [1.29, 1.82) is 0 Å². The number of carbonyl (C=O) groups excluding carboxylic acids is 2. The predicted octanol–water partition coefficient (Wildman–Crippen LogP) is 2.14. The highest BCUT2D eigenvalue weighted by molar-refractivity contribution is 6.06. The van der Waals surface area contributed by atoms with Gasteiger partial charge in [-0.25, -0.2) is 0 Å². The third-order valence-electron chi connectivity index (χ3n) is 7.83. The number of carbonyl (C=O) groups is 2. The van der Waals surface area contributed by atoms with E-state index in [4.69, 9.17) is 14.2 Å². The number of ether oxygens (including phenoxy) is 3. The number of hydrogen-bond donors (Lipinski definition) is 0. The lowest BCUT2D eigenvalue weighted by Crippen LogP contribution is -2.61. The van der Waals surface area contributed by atoms with Gasteiger partial charge in [0, 0.05) is 31.7 Å². The molecule has 1 amide bonds. The molecule has 7 heteroatoms. The van der Waals surface area contributed by atoms with Gasteiger partial charge in [-0.2, -0.15) is 0 Å². The Morgan fingerprint density at radius 3 is 2.77 bits per heavy atom. The van der Waals surface area contributed by atoms with Crippen molar-refractivity contribution in [3.8, 4) is 5.75 Å². The van der Waals surface area contributed by atoms with Crippen LogP contribution in [0.1, 0.15) is 25.3 Å². The Hall–Kier alpha value is -2.22.